The molecule has 0 fully saturated rings. The van der Waals surface area contributed by atoms with Gasteiger partial charge in [-0.15, -0.1) is 10.2 Å². The lowest BCUT2D eigenvalue weighted by molar-refractivity contribution is 0.102. The molecule has 6 heteroatoms. The van der Waals surface area contributed by atoms with Crippen molar-refractivity contribution >= 4 is 17.5 Å². The second-order valence-electron chi connectivity index (χ2n) is 5.14. The molecule has 24 heavy (non-hydrogen) atoms. The van der Waals surface area contributed by atoms with Crippen molar-refractivity contribution in [3.8, 4) is 11.4 Å². The van der Waals surface area contributed by atoms with E-state index in [1.54, 1.807) is 24.3 Å². The number of benzene rings is 2. The van der Waals surface area contributed by atoms with Gasteiger partial charge in [0.2, 0.25) is 0 Å². The van der Waals surface area contributed by atoms with Gasteiger partial charge in [-0.2, -0.15) is 0 Å². The highest BCUT2D eigenvalue weighted by atomic mass is 32.2. The molecule has 1 heterocycles. The summed E-state index contributed by atoms with van der Waals surface area (Å²) in [4.78, 5) is 12.2. The quantitative estimate of drug-likeness (QED) is 0.501. The Labute approximate surface area is 143 Å². The normalized spacial score (nSPS) is 10.8. The number of hydrogen-bond donors (Lipinski definition) is 0. The SMILES string of the molecule is CCn1c(SCC(=O)c2ccccc2)nnc1-c1ccc(F)cc1. The van der Waals surface area contributed by atoms with E-state index in [-0.39, 0.29) is 11.6 Å². The summed E-state index contributed by atoms with van der Waals surface area (Å²) in [7, 11) is 0. The predicted molar refractivity (Wildman–Crippen MR) is 92.6 cm³/mol. The van der Waals surface area contributed by atoms with E-state index < -0.39 is 0 Å². The Hall–Kier alpha value is -2.47. The topological polar surface area (TPSA) is 47.8 Å². The van der Waals surface area contributed by atoms with Crippen LogP contribution in [0.2, 0.25) is 0 Å². The first kappa shape index (κ1) is 16.4. The van der Waals surface area contributed by atoms with Gasteiger partial charge in [-0.3, -0.25) is 4.79 Å². The first-order valence-electron chi connectivity index (χ1n) is 7.59. The fraction of sp³-hybridized carbons (Fsp3) is 0.167. The Morgan fingerprint density at radius 1 is 1.08 bits per heavy atom. The van der Waals surface area contributed by atoms with Crippen LogP contribution in [0.1, 0.15) is 17.3 Å². The first-order chi connectivity index (χ1) is 11.7. The van der Waals surface area contributed by atoms with Gasteiger partial charge in [0.1, 0.15) is 5.82 Å². The van der Waals surface area contributed by atoms with E-state index in [1.165, 1.54) is 23.9 Å². The summed E-state index contributed by atoms with van der Waals surface area (Å²) in [5, 5.41) is 9.06. The number of hydrogen-bond acceptors (Lipinski definition) is 4. The molecule has 0 aliphatic carbocycles. The zero-order valence-electron chi connectivity index (χ0n) is 13.1. The molecule has 0 saturated carbocycles. The standard InChI is InChI=1S/C18H16FN3OS/c1-2-22-17(14-8-10-15(19)11-9-14)20-21-18(22)24-12-16(23)13-6-4-3-5-7-13/h3-11H,2,12H2,1H3. The number of thioether (sulfide) groups is 1. The second-order valence-corrected chi connectivity index (χ2v) is 6.08. The number of aromatic nitrogens is 3. The molecule has 0 unspecified atom stereocenters. The van der Waals surface area contributed by atoms with E-state index in [0.29, 0.717) is 28.8 Å². The highest BCUT2D eigenvalue weighted by Crippen LogP contribution is 2.24. The zero-order valence-corrected chi connectivity index (χ0v) is 14.0. The van der Waals surface area contributed by atoms with Crippen molar-refractivity contribution in [1.29, 1.82) is 0 Å². The van der Waals surface area contributed by atoms with Crippen molar-refractivity contribution in [3.63, 3.8) is 0 Å². The second kappa shape index (κ2) is 7.40. The van der Waals surface area contributed by atoms with Crippen LogP contribution in [-0.2, 0) is 6.54 Å². The molecule has 3 aromatic rings. The number of carbonyl (C=O) groups is 1. The van der Waals surface area contributed by atoms with Gasteiger partial charge in [-0.1, -0.05) is 42.1 Å². The number of carbonyl (C=O) groups excluding carboxylic acids is 1. The highest BCUT2D eigenvalue weighted by Gasteiger charge is 2.15. The molecule has 0 aliphatic heterocycles. The number of rotatable bonds is 6. The Bertz CT molecular complexity index is 831. The van der Waals surface area contributed by atoms with Gasteiger partial charge >= 0.3 is 0 Å². The Morgan fingerprint density at radius 3 is 2.46 bits per heavy atom. The molecule has 122 valence electrons. The van der Waals surface area contributed by atoms with E-state index in [1.807, 2.05) is 29.7 Å². The van der Waals surface area contributed by atoms with Gasteiger partial charge in [0, 0.05) is 17.7 Å². The van der Waals surface area contributed by atoms with Crippen molar-refractivity contribution in [2.24, 2.45) is 0 Å². The third kappa shape index (κ3) is 3.54. The lowest BCUT2D eigenvalue weighted by Crippen LogP contribution is -2.05. The molecule has 0 N–H and O–H groups in total. The Morgan fingerprint density at radius 2 is 1.79 bits per heavy atom. The van der Waals surface area contributed by atoms with Crippen LogP contribution in [0, 0.1) is 5.82 Å². The van der Waals surface area contributed by atoms with Crippen molar-refractivity contribution in [2.75, 3.05) is 5.75 Å². The van der Waals surface area contributed by atoms with Gasteiger partial charge in [0.05, 0.1) is 5.75 Å². The van der Waals surface area contributed by atoms with Crippen LogP contribution in [0.5, 0.6) is 0 Å². The van der Waals surface area contributed by atoms with Gasteiger partial charge < -0.3 is 4.57 Å². The molecule has 0 saturated heterocycles. The van der Waals surface area contributed by atoms with Gasteiger partial charge in [-0.25, -0.2) is 4.39 Å². The molecule has 1 aromatic heterocycles. The van der Waals surface area contributed by atoms with Crippen LogP contribution in [-0.4, -0.2) is 26.3 Å². The molecule has 0 bridgehead atoms. The van der Waals surface area contributed by atoms with Gasteiger partial charge in [0.15, 0.2) is 16.8 Å². The average molecular weight is 341 g/mol. The molecule has 0 atom stereocenters. The van der Waals surface area contributed by atoms with Crippen molar-refractivity contribution in [2.45, 2.75) is 18.6 Å². The van der Waals surface area contributed by atoms with Crippen LogP contribution in [0.25, 0.3) is 11.4 Å². The third-order valence-electron chi connectivity index (χ3n) is 3.56. The maximum atomic E-state index is 13.1. The lowest BCUT2D eigenvalue weighted by Gasteiger charge is -2.07. The maximum absolute atomic E-state index is 13.1. The van der Waals surface area contributed by atoms with E-state index in [9.17, 15) is 9.18 Å². The molecule has 0 spiro atoms. The summed E-state index contributed by atoms with van der Waals surface area (Å²) >= 11 is 1.36. The number of ketones is 1. The van der Waals surface area contributed by atoms with Gasteiger partial charge in [0.25, 0.3) is 0 Å². The van der Waals surface area contributed by atoms with Crippen LogP contribution < -0.4 is 0 Å². The first-order valence-corrected chi connectivity index (χ1v) is 8.57. The van der Waals surface area contributed by atoms with Crippen LogP contribution in [0.15, 0.2) is 59.8 Å². The molecule has 3 rings (SSSR count). The Balaban J connectivity index is 1.77. The van der Waals surface area contributed by atoms with E-state index in [4.69, 9.17) is 0 Å². The third-order valence-corrected chi connectivity index (χ3v) is 4.53. The minimum atomic E-state index is -0.288. The van der Waals surface area contributed by atoms with Crippen molar-refractivity contribution in [1.82, 2.24) is 14.8 Å². The monoisotopic (exact) mass is 341 g/mol. The summed E-state index contributed by atoms with van der Waals surface area (Å²) < 4.78 is 15.0. The molecule has 0 radical (unpaired) electrons. The summed E-state index contributed by atoms with van der Waals surface area (Å²) in [5.41, 5.74) is 1.48. The highest BCUT2D eigenvalue weighted by molar-refractivity contribution is 7.99. The minimum absolute atomic E-state index is 0.0505. The predicted octanol–water partition coefficient (Wildman–Crippen LogP) is 4.08. The van der Waals surface area contributed by atoms with Crippen LogP contribution >= 0.6 is 11.8 Å². The summed E-state index contributed by atoms with van der Waals surface area (Å²) in [6.45, 7) is 2.65. The van der Waals surface area contributed by atoms with Gasteiger partial charge in [-0.05, 0) is 31.2 Å². The average Bonchev–Trinajstić information content (AvgIpc) is 3.04. The minimum Gasteiger partial charge on any atom is -0.302 e. The molecular weight excluding hydrogens is 325 g/mol. The molecular formula is C18H16FN3OS. The molecule has 4 nitrogen and oxygen atoms in total. The summed E-state index contributed by atoms with van der Waals surface area (Å²) in [6.07, 6.45) is 0. The number of Topliss-reactive ketones (excluding diaryl/α,β-unsaturated/α-hetero) is 1. The smallest absolute Gasteiger partial charge is 0.191 e. The zero-order chi connectivity index (χ0) is 16.9. The Kier molecular flexibility index (Phi) is 5.05. The van der Waals surface area contributed by atoms with E-state index in [2.05, 4.69) is 10.2 Å². The van der Waals surface area contributed by atoms with Crippen LogP contribution in [0.3, 0.4) is 0 Å². The molecule has 0 amide bonds. The number of nitrogens with zero attached hydrogens (tertiary/aromatic N) is 3. The maximum Gasteiger partial charge on any atom is 0.191 e. The summed E-state index contributed by atoms with van der Waals surface area (Å²) in [6, 6.07) is 15.3. The van der Waals surface area contributed by atoms with E-state index in [0.717, 1.165) is 5.56 Å². The van der Waals surface area contributed by atoms with Crippen LogP contribution in [0.4, 0.5) is 4.39 Å². The van der Waals surface area contributed by atoms with Crippen molar-refractivity contribution < 1.29 is 9.18 Å². The fourth-order valence-electron chi connectivity index (χ4n) is 2.33. The largest absolute Gasteiger partial charge is 0.302 e. The summed E-state index contributed by atoms with van der Waals surface area (Å²) in [5.74, 6) is 0.733. The van der Waals surface area contributed by atoms with E-state index >= 15 is 0 Å². The fourth-order valence-corrected chi connectivity index (χ4v) is 3.23. The molecule has 0 aliphatic rings. The lowest BCUT2D eigenvalue weighted by atomic mass is 10.2. The number of halogens is 1. The molecule has 2 aromatic carbocycles. The van der Waals surface area contributed by atoms with Crippen molar-refractivity contribution in [3.05, 3.63) is 66.0 Å².